The summed E-state index contributed by atoms with van der Waals surface area (Å²) >= 11 is 0. The first-order valence-corrected chi connectivity index (χ1v) is 13.2. The maximum atomic E-state index is 14.6. The Balaban J connectivity index is 1.42. The van der Waals surface area contributed by atoms with Crippen LogP contribution in [-0.2, 0) is 20.4 Å². The van der Waals surface area contributed by atoms with E-state index in [2.05, 4.69) is 36.1 Å². The van der Waals surface area contributed by atoms with Gasteiger partial charge in [-0.15, -0.1) is 0 Å². The summed E-state index contributed by atoms with van der Waals surface area (Å²) in [5.74, 6) is 0.266. The number of ether oxygens (including phenoxy) is 2. The van der Waals surface area contributed by atoms with Gasteiger partial charge in [0.25, 0.3) is 0 Å². The molecular formula is C32H27F2O3S+. The summed E-state index contributed by atoms with van der Waals surface area (Å²) in [6.45, 7) is 1.79. The van der Waals surface area contributed by atoms with Gasteiger partial charge in [-0.1, -0.05) is 66.4 Å². The number of benzene rings is 4. The van der Waals surface area contributed by atoms with Crippen LogP contribution in [0.3, 0.4) is 0 Å². The molecule has 3 nitrogen and oxygen atoms in total. The molecule has 4 aromatic carbocycles. The third kappa shape index (κ3) is 7.24. The molecule has 0 heterocycles. The number of carbonyl (C=O) groups excluding carboxylic acids is 1. The van der Waals surface area contributed by atoms with Crippen LogP contribution in [0.5, 0.6) is 5.75 Å². The van der Waals surface area contributed by atoms with Crippen LogP contribution in [0, 0.1) is 11.8 Å². The van der Waals surface area contributed by atoms with E-state index in [9.17, 15) is 13.6 Å². The first-order valence-electron chi connectivity index (χ1n) is 12.0. The van der Waals surface area contributed by atoms with Crippen LogP contribution in [0.1, 0.15) is 19.4 Å². The second-order valence-electron chi connectivity index (χ2n) is 8.91. The van der Waals surface area contributed by atoms with E-state index < -0.39 is 24.1 Å². The third-order valence-corrected chi connectivity index (χ3v) is 7.60. The number of esters is 1. The Morgan fingerprint density at radius 2 is 1.21 bits per heavy atom. The van der Waals surface area contributed by atoms with Gasteiger partial charge in [-0.25, -0.2) is 4.79 Å². The molecule has 0 aliphatic carbocycles. The van der Waals surface area contributed by atoms with Gasteiger partial charge in [-0.2, -0.15) is 8.78 Å². The minimum Gasteiger partial charge on any atom is -0.487 e. The second-order valence-corrected chi connectivity index (χ2v) is 10.9. The van der Waals surface area contributed by atoms with Gasteiger partial charge in [0.15, 0.2) is 26.9 Å². The summed E-state index contributed by atoms with van der Waals surface area (Å²) in [5, 5.41) is 0. The number of hydrogen-bond donors (Lipinski definition) is 0. The molecule has 38 heavy (non-hydrogen) atoms. The Bertz CT molecular complexity index is 1360. The van der Waals surface area contributed by atoms with E-state index in [0.717, 1.165) is 14.7 Å². The fraction of sp³-hybridized carbons (Fsp3) is 0.156. The molecule has 0 unspecified atom stereocenters. The standard InChI is InChI=1S/C32H27F2O3S/c1-31(2,23-22-25-12-6-3-7-13-25)37-30(35)32(33,34)24-36-26-18-20-29(21-19-26)38(27-14-8-4-9-15-27)28-16-10-5-11-17-28/h3-21H,24H2,1-2H3/q+1. The van der Waals surface area contributed by atoms with Gasteiger partial charge in [-0.05, 0) is 74.5 Å². The molecule has 0 spiro atoms. The van der Waals surface area contributed by atoms with E-state index in [1.807, 2.05) is 66.7 Å². The molecule has 0 amide bonds. The van der Waals surface area contributed by atoms with E-state index >= 15 is 0 Å². The second kappa shape index (κ2) is 12.0. The van der Waals surface area contributed by atoms with Crippen LogP contribution in [0.15, 0.2) is 130 Å². The van der Waals surface area contributed by atoms with Crippen molar-refractivity contribution in [1.82, 2.24) is 0 Å². The molecule has 0 saturated heterocycles. The summed E-state index contributed by atoms with van der Waals surface area (Å²) in [6, 6.07) is 36.2. The Morgan fingerprint density at radius 1 is 0.737 bits per heavy atom. The van der Waals surface area contributed by atoms with Crippen molar-refractivity contribution in [3.8, 4) is 17.6 Å². The number of halogens is 2. The van der Waals surface area contributed by atoms with Crippen LogP contribution in [0.2, 0.25) is 0 Å². The Hall–Kier alpha value is -4.08. The average Bonchev–Trinajstić information content (AvgIpc) is 2.93. The van der Waals surface area contributed by atoms with Crippen LogP contribution in [-0.4, -0.2) is 24.1 Å². The quantitative estimate of drug-likeness (QED) is 0.138. The lowest BCUT2D eigenvalue weighted by molar-refractivity contribution is -0.184. The zero-order valence-corrected chi connectivity index (χ0v) is 21.9. The Kier molecular flexibility index (Phi) is 8.50. The Morgan fingerprint density at radius 3 is 1.74 bits per heavy atom. The van der Waals surface area contributed by atoms with Crippen molar-refractivity contribution in [1.29, 1.82) is 0 Å². The number of carbonyl (C=O) groups is 1. The van der Waals surface area contributed by atoms with Gasteiger partial charge in [0, 0.05) is 5.56 Å². The maximum Gasteiger partial charge on any atom is 0.382 e. The molecule has 0 fully saturated rings. The van der Waals surface area contributed by atoms with Crippen molar-refractivity contribution < 1.29 is 23.0 Å². The first kappa shape index (κ1) is 27.0. The topological polar surface area (TPSA) is 35.5 Å². The highest BCUT2D eigenvalue weighted by atomic mass is 32.2. The molecular weight excluding hydrogens is 502 g/mol. The number of rotatable bonds is 8. The summed E-state index contributed by atoms with van der Waals surface area (Å²) in [4.78, 5) is 15.5. The number of hydrogen-bond acceptors (Lipinski definition) is 3. The number of alkyl halides is 2. The SMILES string of the molecule is CC(C)(C#Cc1ccccc1)OC(=O)C(F)(F)COc1ccc([S+](c2ccccc2)c2ccccc2)cc1. The highest BCUT2D eigenvalue weighted by Gasteiger charge is 2.44. The van der Waals surface area contributed by atoms with E-state index in [4.69, 9.17) is 9.47 Å². The predicted octanol–water partition coefficient (Wildman–Crippen LogP) is 7.17. The fourth-order valence-corrected chi connectivity index (χ4v) is 5.59. The molecule has 0 saturated carbocycles. The summed E-state index contributed by atoms with van der Waals surface area (Å²) in [6.07, 6.45) is 0. The summed E-state index contributed by atoms with van der Waals surface area (Å²) in [7, 11) is -0.369. The molecule has 0 aliphatic heterocycles. The van der Waals surface area contributed by atoms with E-state index in [1.165, 1.54) is 13.8 Å². The Labute approximate surface area is 224 Å². The molecule has 0 aliphatic rings. The molecule has 4 rings (SSSR count). The highest BCUT2D eigenvalue weighted by molar-refractivity contribution is 7.97. The largest absolute Gasteiger partial charge is 0.487 e. The lowest BCUT2D eigenvalue weighted by atomic mass is 10.1. The van der Waals surface area contributed by atoms with Crippen molar-refractivity contribution in [2.45, 2.75) is 40.1 Å². The van der Waals surface area contributed by atoms with Gasteiger partial charge in [0.05, 0.1) is 10.9 Å². The van der Waals surface area contributed by atoms with E-state index in [0.29, 0.717) is 5.56 Å². The van der Waals surface area contributed by atoms with Gasteiger partial charge in [-0.3, -0.25) is 0 Å². The van der Waals surface area contributed by atoms with Gasteiger partial charge < -0.3 is 9.47 Å². The van der Waals surface area contributed by atoms with Gasteiger partial charge >= 0.3 is 11.9 Å². The normalized spacial score (nSPS) is 11.4. The summed E-state index contributed by atoms with van der Waals surface area (Å²) in [5.41, 5.74) is -0.708. The average molecular weight is 530 g/mol. The monoisotopic (exact) mass is 529 g/mol. The maximum absolute atomic E-state index is 14.6. The molecule has 4 aromatic rings. The van der Waals surface area contributed by atoms with Crippen molar-refractivity contribution >= 4 is 16.9 Å². The molecule has 0 atom stereocenters. The van der Waals surface area contributed by atoms with Crippen molar-refractivity contribution in [3.63, 3.8) is 0 Å². The highest BCUT2D eigenvalue weighted by Crippen LogP contribution is 2.32. The molecule has 0 N–H and O–H groups in total. The lowest BCUT2D eigenvalue weighted by Crippen LogP contribution is -2.41. The lowest BCUT2D eigenvalue weighted by Gasteiger charge is -2.23. The van der Waals surface area contributed by atoms with E-state index in [1.54, 1.807) is 24.3 Å². The molecule has 0 bridgehead atoms. The summed E-state index contributed by atoms with van der Waals surface area (Å²) < 4.78 is 39.5. The van der Waals surface area contributed by atoms with Crippen LogP contribution < -0.4 is 4.74 Å². The third-order valence-electron chi connectivity index (χ3n) is 5.37. The minimum absolute atomic E-state index is 0.231. The van der Waals surface area contributed by atoms with Gasteiger partial charge in [0.1, 0.15) is 5.75 Å². The van der Waals surface area contributed by atoms with Crippen molar-refractivity contribution in [2.24, 2.45) is 0 Å². The fourth-order valence-electron chi connectivity index (χ4n) is 3.50. The molecule has 0 radical (unpaired) electrons. The predicted molar refractivity (Wildman–Crippen MR) is 145 cm³/mol. The molecule has 6 heteroatoms. The van der Waals surface area contributed by atoms with Gasteiger partial charge in [0.2, 0.25) is 0 Å². The van der Waals surface area contributed by atoms with Crippen LogP contribution in [0.4, 0.5) is 8.78 Å². The van der Waals surface area contributed by atoms with Crippen molar-refractivity contribution in [3.05, 3.63) is 121 Å². The zero-order valence-electron chi connectivity index (χ0n) is 21.1. The molecule has 0 aromatic heterocycles. The smallest absolute Gasteiger partial charge is 0.382 e. The zero-order chi connectivity index (χ0) is 27.0. The van der Waals surface area contributed by atoms with Crippen LogP contribution >= 0.6 is 0 Å². The van der Waals surface area contributed by atoms with Crippen LogP contribution in [0.25, 0.3) is 0 Å². The minimum atomic E-state index is -3.84. The van der Waals surface area contributed by atoms with Crippen molar-refractivity contribution in [2.75, 3.05) is 6.61 Å². The first-order chi connectivity index (χ1) is 18.2. The molecule has 192 valence electrons. The van der Waals surface area contributed by atoms with E-state index in [-0.39, 0.29) is 16.6 Å².